The average molecular weight is 472 g/mol. The predicted molar refractivity (Wildman–Crippen MR) is 134 cm³/mol. The highest BCUT2D eigenvalue weighted by Crippen LogP contribution is 2.33. The molecule has 1 aliphatic rings. The molecule has 1 saturated heterocycles. The lowest BCUT2D eigenvalue weighted by Gasteiger charge is -2.44. The van der Waals surface area contributed by atoms with E-state index in [1.165, 1.54) is 11.1 Å². The molecule has 7 heteroatoms. The Morgan fingerprint density at radius 3 is 2.23 bits per heavy atom. The molecule has 1 aromatic heterocycles. The zero-order valence-corrected chi connectivity index (χ0v) is 19.3. The minimum absolute atomic E-state index is 0. The second kappa shape index (κ2) is 11.2. The Morgan fingerprint density at radius 2 is 1.60 bits per heavy atom. The van der Waals surface area contributed by atoms with Crippen molar-refractivity contribution in [2.45, 2.75) is 18.2 Å². The number of likely N-dealkylation sites (tertiary alicyclic amines) is 1. The third-order valence-corrected chi connectivity index (χ3v) is 6.17. The molecular weight excluding hydrogens is 442 g/mol. The number of nitrogens with zero attached hydrogens (tertiary/aromatic N) is 2. The summed E-state index contributed by atoms with van der Waals surface area (Å²) in [6.45, 7) is 1.95. The van der Waals surface area contributed by atoms with E-state index >= 15 is 0 Å². The molecule has 5 rings (SSSR count). The summed E-state index contributed by atoms with van der Waals surface area (Å²) in [5, 5.41) is 20.3. The maximum absolute atomic E-state index is 10.4. The van der Waals surface area contributed by atoms with Gasteiger partial charge in [0, 0.05) is 18.5 Å². The van der Waals surface area contributed by atoms with Crippen molar-refractivity contribution in [1.82, 2.24) is 9.88 Å². The van der Waals surface area contributed by atoms with Crippen LogP contribution in [0.4, 0.5) is 0 Å². The molecule has 35 heavy (non-hydrogen) atoms. The second-order valence-electron chi connectivity index (χ2n) is 8.61. The fourth-order valence-corrected chi connectivity index (χ4v) is 4.47. The van der Waals surface area contributed by atoms with Gasteiger partial charge in [0.05, 0.1) is 24.3 Å². The lowest BCUT2D eigenvalue weighted by Crippen LogP contribution is -2.54. The van der Waals surface area contributed by atoms with Gasteiger partial charge in [0.1, 0.15) is 30.2 Å². The van der Waals surface area contributed by atoms with Crippen molar-refractivity contribution in [2.24, 2.45) is 0 Å². The maximum atomic E-state index is 10.4. The minimum atomic E-state index is -0.738. The molecule has 4 aromatic rings. The molecule has 0 bridgehead atoms. The molecule has 0 radical (unpaired) electrons. The highest BCUT2D eigenvalue weighted by atomic mass is 16.5. The zero-order valence-electron chi connectivity index (χ0n) is 19.3. The van der Waals surface area contributed by atoms with Crippen molar-refractivity contribution < 1.29 is 20.1 Å². The Hall–Kier alpha value is -3.67. The first-order valence-electron chi connectivity index (χ1n) is 11.5. The van der Waals surface area contributed by atoms with Crippen LogP contribution in [0.25, 0.3) is 10.9 Å². The number of hydrogen-bond acceptors (Lipinski definition) is 5. The van der Waals surface area contributed by atoms with Gasteiger partial charge in [0.15, 0.2) is 0 Å². The van der Waals surface area contributed by atoms with E-state index in [4.69, 9.17) is 14.7 Å². The smallest absolute Gasteiger partial charge is 0.128 e. The lowest BCUT2D eigenvalue weighted by atomic mass is 9.94. The first kappa shape index (κ1) is 24.5. The zero-order chi connectivity index (χ0) is 23.3. The molecule has 1 aliphatic heterocycles. The second-order valence-corrected chi connectivity index (χ2v) is 8.61. The summed E-state index contributed by atoms with van der Waals surface area (Å²) in [6.07, 6.45) is -0.659. The van der Waals surface area contributed by atoms with Gasteiger partial charge in [-0.15, -0.1) is 0 Å². The number of aromatic nitrogens is 1. The molecule has 0 unspecified atom stereocenters. The molecule has 0 spiro atoms. The van der Waals surface area contributed by atoms with Gasteiger partial charge in [-0.2, -0.15) is 5.26 Å². The van der Waals surface area contributed by atoms with Crippen LogP contribution in [0.3, 0.4) is 0 Å². The summed E-state index contributed by atoms with van der Waals surface area (Å²) < 4.78 is 11.8. The molecular formula is C28H29N3O4. The summed E-state index contributed by atoms with van der Waals surface area (Å²) in [5.74, 6) is 0.637. The van der Waals surface area contributed by atoms with Gasteiger partial charge in [0.25, 0.3) is 0 Å². The fraction of sp³-hybridized carbons (Fsp3) is 0.250. The van der Waals surface area contributed by atoms with Crippen molar-refractivity contribution in [3.8, 4) is 11.8 Å². The molecule has 180 valence electrons. The number of hydrogen-bond donors (Lipinski definition) is 2. The molecule has 4 N–H and O–H groups in total. The van der Waals surface area contributed by atoms with Crippen molar-refractivity contribution in [3.63, 3.8) is 0 Å². The Kier molecular flexibility index (Phi) is 7.80. The highest BCUT2D eigenvalue weighted by Gasteiger charge is 2.34. The van der Waals surface area contributed by atoms with Gasteiger partial charge in [0.2, 0.25) is 0 Å². The lowest BCUT2D eigenvalue weighted by molar-refractivity contribution is -0.0944. The van der Waals surface area contributed by atoms with E-state index in [-0.39, 0.29) is 30.8 Å². The quantitative estimate of drug-likeness (QED) is 0.388. The van der Waals surface area contributed by atoms with E-state index in [0.29, 0.717) is 11.4 Å². The molecule has 1 atom stereocenters. The largest absolute Gasteiger partial charge is 0.490 e. The number of nitrogens with one attached hydrogen (secondary N) is 1. The fourth-order valence-electron chi connectivity index (χ4n) is 4.47. The van der Waals surface area contributed by atoms with E-state index in [2.05, 4.69) is 64.5 Å². The molecule has 3 aromatic carbocycles. The van der Waals surface area contributed by atoms with Gasteiger partial charge in [-0.05, 0) is 29.3 Å². The topological polar surface area (TPSA) is 113 Å². The maximum Gasteiger partial charge on any atom is 0.128 e. The van der Waals surface area contributed by atoms with Gasteiger partial charge < -0.3 is 25.0 Å². The SMILES string of the molecule is N#Cc1cc2c(OC[C@@H](O)COC3CN(C(c4ccccc4)c4ccccc4)C3)cccc2[nH]1.O. The first-order chi connectivity index (χ1) is 16.7. The summed E-state index contributed by atoms with van der Waals surface area (Å²) in [7, 11) is 0. The number of fused-ring (bicyclic) bond motifs is 1. The van der Waals surface area contributed by atoms with Crippen LogP contribution < -0.4 is 4.74 Å². The molecule has 1 fully saturated rings. The number of rotatable bonds is 9. The van der Waals surface area contributed by atoms with Crippen LogP contribution in [0.5, 0.6) is 5.75 Å². The van der Waals surface area contributed by atoms with Gasteiger partial charge in [-0.1, -0.05) is 66.7 Å². The molecule has 0 saturated carbocycles. The Bertz CT molecular complexity index is 1220. The van der Waals surface area contributed by atoms with Crippen LogP contribution in [0.15, 0.2) is 84.9 Å². The summed E-state index contributed by atoms with van der Waals surface area (Å²) in [4.78, 5) is 5.43. The number of aliphatic hydroxyl groups is 1. The van der Waals surface area contributed by atoms with Crippen molar-refractivity contribution in [2.75, 3.05) is 26.3 Å². The average Bonchev–Trinajstić information content (AvgIpc) is 3.29. The Morgan fingerprint density at radius 1 is 0.943 bits per heavy atom. The molecule has 7 nitrogen and oxygen atoms in total. The Balaban J connectivity index is 0.00000289. The molecule has 2 heterocycles. The number of H-pyrrole nitrogens is 1. The summed E-state index contributed by atoms with van der Waals surface area (Å²) in [6, 6.07) is 30.7. The highest BCUT2D eigenvalue weighted by molar-refractivity contribution is 5.87. The normalized spacial score (nSPS) is 14.8. The number of aromatic amines is 1. The van der Waals surface area contributed by atoms with Gasteiger partial charge in [-0.25, -0.2) is 0 Å². The Labute approximate surface area is 204 Å². The number of ether oxygens (including phenoxy) is 2. The minimum Gasteiger partial charge on any atom is -0.490 e. The summed E-state index contributed by atoms with van der Waals surface area (Å²) >= 11 is 0. The van der Waals surface area contributed by atoms with Crippen LogP contribution >= 0.6 is 0 Å². The van der Waals surface area contributed by atoms with E-state index in [1.54, 1.807) is 6.07 Å². The van der Waals surface area contributed by atoms with E-state index in [0.717, 1.165) is 24.0 Å². The molecule has 0 amide bonds. The number of nitriles is 1. The van der Waals surface area contributed by atoms with Gasteiger partial charge in [-0.3, -0.25) is 4.90 Å². The van der Waals surface area contributed by atoms with Crippen LogP contribution in [0.1, 0.15) is 22.9 Å². The predicted octanol–water partition coefficient (Wildman–Crippen LogP) is 3.44. The van der Waals surface area contributed by atoms with Crippen LogP contribution in [-0.4, -0.2) is 59.0 Å². The monoisotopic (exact) mass is 471 g/mol. The van der Waals surface area contributed by atoms with Crippen LogP contribution in [-0.2, 0) is 4.74 Å². The standard InChI is InChI=1S/C28H27N3O3.H2O/c29-15-22-14-25-26(30-22)12-7-13-27(25)34-19-23(32)18-33-24-16-31(17-24)28(20-8-3-1-4-9-20)21-10-5-2-6-11-21;/h1-14,23-24,28,30,32H,16-19H2;1H2/t23-;/m0./s1. The molecule has 0 aliphatic carbocycles. The van der Waals surface area contributed by atoms with Gasteiger partial charge >= 0.3 is 0 Å². The third-order valence-electron chi connectivity index (χ3n) is 6.17. The summed E-state index contributed by atoms with van der Waals surface area (Å²) in [5.41, 5.74) is 3.84. The third kappa shape index (κ3) is 5.53. The van der Waals surface area contributed by atoms with E-state index in [1.807, 2.05) is 30.3 Å². The first-order valence-corrected chi connectivity index (χ1v) is 11.5. The van der Waals surface area contributed by atoms with E-state index < -0.39 is 6.10 Å². The number of benzene rings is 3. The number of aliphatic hydroxyl groups excluding tert-OH is 1. The van der Waals surface area contributed by atoms with Crippen LogP contribution in [0.2, 0.25) is 0 Å². The van der Waals surface area contributed by atoms with Crippen molar-refractivity contribution in [1.29, 1.82) is 5.26 Å². The van der Waals surface area contributed by atoms with Crippen LogP contribution in [0, 0.1) is 11.3 Å². The van der Waals surface area contributed by atoms with Crippen molar-refractivity contribution in [3.05, 3.63) is 102 Å². The van der Waals surface area contributed by atoms with E-state index in [9.17, 15) is 5.11 Å². The van der Waals surface area contributed by atoms with Crippen molar-refractivity contribution >= 4 is 10.9 Å².